The van der Waals surface area contributed by atoms with Crippen LogP contribution in [-0.4, -0.2) is 54.4 Å². The van der Waals surface area contributed by atoms with Gasteiger partial charge in [0.05, 0.1) is 6.61 Å². The Bertz CT molecular complexity index is 723. The molecule has 0 spiro atoms. The Morgan fingerprint density at radius 1 is 0.968 bits per heavy atom. The van der Waals surface area contributed by atoms with Crippen LogP contribution in [0.3, 0.4) is 0 Å². The largest absolute Gasteiger partial charge is 0.493 e. The number of para-hydroxylation sites is 1. The summed E-state index contributed by atoms with van der Waals surface area (Å²) in [5.74, 6) is 3.57. The van der Waals surface area contributed by atoms with Gasteiger partial charge in [-0.3, -0.25) is 9.59 Å². The molecule has 0 N–H and O–H groups in total. The predicted octanol–water partition coefficient (Wildman–Crippen LogP) is 4.37. The van der Waals surface area contributed by atoms with Crippen LogP contribution in [0.15, 0.2) is 30.3 Å². The van der Waals surface area contributed by atoms with Crippen molar-refractivity contribution >= 4 is 11.8 Å². The number of rotatable bonds is 7. The van der Waals surface area contributed by atoms with Crippen LogP contribution in [0.1, 0.15) is 58.3 Å². The van der Waals surface area contributed by atoms with Crippen LogP contribution in [0.25, 0.3) is 0 Å². The summed E-state index contributed by atoms with van der Waals surface area (Å²) in [6.45, 7) is 5.69. The van der Waals surface area contributed by atoms with E-state index in [-0.39, 0.29) is 5.91 Å². The van der Waals surface area contributed by atoms with Crippen molar-refractivity contribution in [2.45, 2.75) is 58.3 Å². The minimum Gasteiger partial charge on any atom is -0.493 e. The van der Waals surface area contributed by atoms with E-state index in [1.54, 1.807) is 6.92 Å². The molecule has 1 saturated carbocycles. The predicted molar refractivity (Wildman–Crippen MR) is 122 cm³/mol. The quantitative estimate of drug-likeness (QED) is 0.651. The first-order valence-electron chi connectivity index (χ1n) is 12.3. The van der Waals surface area contributed by atoms with Crippen LogP contribution in [0.4, 0.5) is 0 Å². The first-order valence-corrected chi connectivity index (χ1v) is 12.3. The van der Waals surface area contributed by atoms with Crippen molar-refractivity contribution in [3.8, 4) is 5.75 Å². The van der Waals surface area contributed by atoms with E-state index in [2.05, 4.69) is 4.90 Å². The molecular weight excluding hydrogens is 388 g/mol. The zero-order chi connectivity index (χ0) is 21.6. The molecule has 3 aliphatic rings. The van der Waals surface area contributed by atoms with E-state index in [9.17, 15) is 9.59 Å². The number of hydrogen-bond acceptors (Lipinski definition) is 3. The van der Waals surface area contributed by atoms with E-state index >= 15 is 0 Å². The van der Waals surface area contributed by atoms with Gasteiger partial charge in [0.15, 0.2) is 0 Å². The Morgan fingerprint density at radius 3 is 2.35 bits per heavy atom. The molecule has 2 heterocycles. The second-order valence-electron chi connectivity index (χ2n) is 9.88. The number of hydrogen-bond donors (Lipinski definition) is 0. The molecule has 170 valence electrons. The van der Waals surface area contributed by atoms with Crippen LogP contribution in [0.5, 0.6) is 5.75 Å². The number of carbonyl (C=O) groups excluding carboxylic acids is 2. The Labute approximate surface area is 187 Å². The van der Waals surface area contributed by atoms with Gasteiger partial charge in [-0.05, 0) is 49.1 Å². The lowest BCUT2D eigenvalue weighted by Crippen LogP contribution is -2.40. The van der Waals surface area contributed by atoms with E-state index in [1.165, 1.54) is 25.7 Å². The second kappa shape index (κ2) is 10.5. The molecule has 31 heavy (non-hydrogen) atoms. The molecule has 2 aliphatic heterocycles. The molecule has 0 bridgehead atoms. The topological polar surface area (TPSA) is 49.9 Å². The number of ether oxygens (including phenoxy) is 1. The van der Waals surface area contributed by atoms with Crippen LogP contribution >= 0.6 is 0 Å². The first-order chi connectivity index (χ1) is 15.1. The highest BCUT2D eigenvalue weighted by Gasteiger charge is 2.41. The molecule has 0 radical (unpaired) electrons. The fourth-order valence-corrected chi connectivity index (χ4v) is 5.96. The summed E-state index contributed by atoms with van der Waals surface area (Å²) < 4.78 is 6.14. The molecule has 0 aromatic heterocycles. The summed E-state index contributed by atoms with van der Waals surface area (Å²) in [6.07, 6.45) is 9.11. The van der Waals surface area contributed by atoms with Gasteiger partial charge in [-0.15, -0.1) is 0 Å². The van der Waals surface area contributed by atoms with Crippen molar-refractivity contribution in [3.05, 3.63) is 30.3 Å². The zero-order valence-electron chi connectivity index (χ0n) is 19.0. The third kappa shape index (κ3) is 5.81. The number of amides is 2. The molecule has 2 amide bonds. The molecule has 1 aromatic rings. The van der Waals surface area contributed by atoms with Crippen molar-refractivity contribution < 1.29 is 14.3 Å². The summed E-state index contributed by atoms with van der Waals surface area (Å²) in [5.41, 5.74) is 0. The fraction of sp³-hybridized carbons (Fsp3) is 0.692. The summed E-state index contributed by atoms with van der Waals surface area (Å²) in [6, 6.07) is 9.99. The number of piperidine rings is 1. The molecule has 2 atom stereocenters. The van der Waals surface area contributed by atoms with E-state index in [1.807, 2.05) is 35.2 Å². The number of carbonyl (C=O) groups is 2. The van der Waals surface area contributed by atoms with Gasteiger partial charge in [0.2, 0.25) is 11.8 Å². The maximum absolute atomic E-state index is 13.0. The highest BCUT2D eigenvalue weighted by atomic mass is 16.5. The summed E-state index contributed by atoms with van der Waals surface area (Å²) in [4.78, 5) is 28.8. The lowest BCUT2D eigenvalue weighted by atomic mass is 9.78. The summed E-state index contributed by atoms with van der Waals surface area (Å²) in [7, 11) is 0. The molecule has 2 unspecified atom stereocenters. The highest BCUT2D eigenvalue weighted by molar-refractivity contribution is 5.76. The maximum Gasteiger partial charge on any atom is 0.222 e. The van der Waals surface area contributed by atoms with Crippen molar-refractivity contribution in [3.63, 3.8) is 0 Å². The number of nitrogens with zero attached hydrogens (tertiary/aromatic N) is 2. The lowest BCUT2D eigenvalue weighted by molar-refractivity contribution is -0.130. The van der Waals surface area contributed by atoms with Gasteiger partial charge in [0, 0.05) is 45.4 Å². The van der Waals surface area contributed by atoms with E-state index in [0.29, 0.717) is 36.7 Å². The normalized spacial score (nSPS) is 25.2. The van der Waals surface area contributed by atoms with Gasteiger partial charge in [0.1, 0.15) is 5.75 Å². The standard InChI is InChI=1S/C26H38N2O3/c1-20(29)27-15-13-22(14-16-27)25-18-28(26(30)12-11-21-7-5-6-8-21)17-23(25)19-31-24-9-3-2-4-10-24/h2-4,9-10,21-23,25H,5-8,11-19H2,1H3. The lowest BCUT2D eigenvalue weighted by Gasteiger charge is -2.36. The average Bonchev–Trinajstić information content (AvgIpc) is 3.47. The third-order valence-corrected chi connectivity index (χ3v) is 7.88. The molecule has 1 aliphatic carbocycles. The minimum atomic E-state index is 0.178. The van der Waals surface area contributed by atoms with Gasteiger partial charge < -0.3 is 14.5 Å². The Balaban J connectivity index is 1.36. The van der Waals surface area contributed by atoms with Crippen LogP contribution in [0.2, 0.25) is 0 Å². The van der Waals surface area contributed by atoms with Gasteiger partial charge in [0.25, 0.3) is 0 Å². The SMILES string of the molecule is CC(=O)N1CCC(C2CN(C(=O)CCC3CCCC3)CC2COc2ccccc2)CC1. The number of benzene rings is 1. The number of likely N-dealkylation sites (tertiary alicyclic amines) is 2. The van der Waals surface area contributed by atoms with E-state index in [0.717, 1.165) is 57.1 Å². The fourth-order valence-electron chi connectivity index (χ4n) is 5.96. The molecule has 2 saturated heterocycles. The van der Waals surface area contributed by atoms with E-state index in [4.69, 9.17) is 4.74 Å². The van der Waals surface area contributed by atoms with Gasteiger partial charge in [-0.25, -0.2) is 0 Å². The Hall–Kier alpha value is -2.04. The van der Waals surface area contributed by atoms with Crippen LogP contribution < -0.4 is 4.74 Å². The van der Waals surface area contributed by atoms with Crippen molar-refractivity contribution in [1.82, 2.24) is 9.80 Å². The Kier molecular flexibility index (Phi) is 7.52. The Morgan fingerprint density at radius 2 is 1.68 bits per heavy atom. The molecule has 3 fully saturated rings. The second-order valence-corrected chi connectivity index (χ2v) is 9.88. The zero-order valence-corrected chi connectivity index (χ0v) is 19.0. The monoisotopic (exact) mass is 426 g/mol. The van der Waals surface area contributed by atoms with Crippen LogP contribution in [-0.2, 0) is 9.59 Å². The molecular formula is C26H38N2O3. The van der Waals surface area contributed by atoms with E-state index < -0.39 is 0 Å². The molecule has 5 nitrogen and oxygen atoms in total. The molecule has 4 rings (SSSR count). The van der Waals surface area contributed by atoms with Crippen molar-refractivity contribution in [1.29, 1.82) is 0 Å². The summed E-state index contributed by atoms with van der Waals surface area (Å²) >= 11 is 0. The smallest absolute Gasteiger partial charge is 0.222 e. The molecule has 1 aromatic carbocycles. The average molecular weight is 427 g/mol. The minimum absolute atomic E-state index is 0.178. The van der Waals surface area contributed by atoms with Gasteiger partial charge in [-0.2, -0.15) is 0 Å². The van der Waals surface area contributed by atoms with Crippen molar-refractivity contribution in [2.24, 2.45) is 23.7 Å². The maximum atomic E-state index is 13.0. The van der Waals surface area contributed by atoms with Crippen molar-refractivity contribution in [2.75, 3.05) is 32.8 Å². The van der Waals surface area contributed by atoms with Gasteiger partial charge in [-0.1, -0.05) is 43.9 Å². The third-order valence-electron chi connectivity index (χ3n) is 7.88. The summed E-state index contributed by atoms with van der Waals surface area (Å²) in [5, 5.41) is 0. The highest BCUT2D eigenvalue weighted by Crippen LogP contribution is 2.37. The molecule has 5 heteroatoms. The first kappa shape index (κ1) is 22.2. The van der Waals surface area contributed by atoms with Gasteiger partial charge >= 0.3 is 0 Å². The van der Waals surface area contributed by atoms with Crippen LogP contribution in [0, 0.1) is 23.7 Å².